The van der Waals surface area contributed by atoms with Gasteiger partial charge < -0.3 is 19.7 Å². The molecule has 2 N–H and O–H groups in total. The summed E-state index contributed by atoms with van der Waals surface area (Å²) >= 11 is 6.37. The van der Waals surface area contributed by atoms with Crippen molar-refractivity contribution in [2.45, 2.75) is 0 Å². The largest absolute Gasteiger partial charge is 0.482 e. The third-order valence-electron chi connectivity index (χ3n) is 3.71. The zero-order valence-corrected chi connectivity index (χ0v) is 14.1. The summed E-state index contributed by atoms with van der Waals surface area (Å²) in [5, 5.41) is 12.6. The Kier molecular flexibility index (Phi) is 4.63. The molecular weight excluding hydrogens is 344 g/mol. The van der Waals surface area contributed by atoms with Gasteiger partial charge in [0.1, 0.15) is 11.4 Å². The predicted octanol–water partition coefficient (Wildman–Crippen LogP) is 3.55. The molecule has 0 aliphatic heterocycles. The van der Waals surface area contributed by atoms with Crippen LogP contribution in [0, 0.1) is 0 Å². The van der Waals surface area contributed by atoms with Gasteiger partial charge in [0.15, 0.2) is 6.61 Å². The van der Waals surface area contributed by atoms with Crippen molar-refractivity contribution in [1.29, 1.82) is 0 Å². The molecule has 0 atom stereocenters. The van der Waals surface area contributed by atoms with E-state index in [1.54, 1.807) is 35.9 Å². The van der Waals surface area contributed by atoms with E-state index in [9.17, 15) is 9.59 Å². The van der Waals surface area contributed by atoms with E-state index in [1.165, 1.54) is 0 Å². The number of carbonyl (C=O) groups excluding carboxylic acids is 1. The van der Waals surface area contributed by atoms with Gasteiger partial charge in [0.2, 0.25) is 0 Å². The first-order valence-corrected chi connectivity index (χ1v) is 7.84. The first-order valence-electron chi connectivity index (χ1n) is 7.46. The van der Waals surface area contributed by atoms with E-state index in [0.29, 0.717) is 22.2 Å². The fraction of sp³-hybridized carbons (Fsp3) is 0.111. The molecule has 2 aromatic carbocycles. The number of aromatic nitrogens is 1. The molecule has 0 bridgehead atoms. The van der Waals surface area contributed by atoms with Gasteiger partial charge >= 0.3 is 5.97 Å². The zero-order chi connectivity index (χ0) is 18.0. The maximum absolute atomic E-state index is 12.7. The van der Waals surface area contributed by atoms with Gasteiger partial charge in [-0.3, -0.25) is 4.79 Å². The van der Waals surface area contributed by atoms with E-state index < -0.39 is 12.6 Å². The zero-order valence-electron chi connectivity index (χ0n) is 13.3. The minimum atomic E-state index is -1.07. The molecule has 1 amide bonds. The first kappa shape index (κ1) is 16.9. The molecule has 1 heterocycles. The molecule has 0 saturated carbocycles. The number of aliphatic carboxylic acids is 1. The van der Waals surface area contributed by atoms with Gasteiger partial charge in [-0.05, 0) is 18.2 Å². The number of fused-ring (bicyclic) bond motifs is 1. The van der Waals surface area contributed by atoms with Crippen LogP contribution in [-0.4, -0.2) is 28.2 Å². The number of amides is 1. The second-order valence-corrected chi connectivity index (χ2v) is 5.78. The lowest BCUT2D eigenvalue weighted by molar-refractivity contribution is -0.139. The molecule has 3 aromatic rings. The lowest BCUT2D eigenvalue weighted by Crippen LogP contribution is -2.16. The van der Waals surface area contributed by atoms with Crippen molar-refractivity contribution < 1.29 is 19.4 Å². The molecule has 0 aliphatic carbocycles. The van der Waals surface area contributed by atoms with Crippen LogP contribution in [-0.2, 0) is 11.8 Å². The Morgan fingerprint density at radius 2 is 1.96 bits per heavy atom. The fourth-order valence-electron chi connectivity index (χ4n) is 2.60. The third-order valence-corrected chi connectivity index (χ3v) is 4.10. The first-order chi connectivity index (χ1) is 12.0. The number of carboxylic acids is 1. The maximum atomic E-state index is 12.7. The molecule has 0 unspecified atom stereocenters. The average molecular weight is 359 g/mol. The highest BCUT2D eigenvalue weighted by Crippen LogP contribution is 2.30. The number of nitrogens with zero attached hydrogens (tertiary/aromatic N) is 1. The number of hydrogen-bond donors (Lipinski definition) is 2. The summed E-state index contributed by atoms with van der Waals surface area (Å²) in [5.41, 5.74) is 1.69. The molecule has 0 fully saturated rings. The van der Waals surface area contributed by atoms with Gasteiger partial charge in [0, 0.05) is 29.7 Å². The monoisotopic (exact) mass is 358 g/mol. The van der Waals surface area contributed by atoms with E-state index in [4.69, 9.17) is 21.4 Å². The minimum absolute atomic E-state index is 0.347. The smallest absolute Gasteiger partial charge is 0.341 e. The van der Waals surface area contributed by atoms with Crippen molar-refractivity contribution in [3.63, 3.8) is 0 Å². The number of nitrogens with one attached hydrogen (secondary N) is 1. The van der Waals surface area contributed by atoms with Crippen molar-refractivity contribution in [2.24, 2.45) is 7.05 Å². The number of ether oxygens (including phenoxy) is 1. The van der Waals surface area contributed by atoms with Crippen molar-refractivity contribution in [3.8, 4) is 5.75 Å². The highest BCUT2D eigenvalue weighted by Gasteiger charge is 2.19. The Bertz CT molecular complexity index is 926. The molecule has 0 spiro atoms. The lowest BCUT2D eigenvalue weighted by Gasteiger charge is -2.09. The number of anilines is 1. The summed E-state index contributed by atoms with van der Waals surface area (Å²) < 4.78 is 6.84. The van der Waals surface area contributed by atoms with Gasteiger partial charge in [-0.2, -0.15) is 0 Å². The topological polar surface area (TPSA) is 80.6 Å². The van der Waals surface area contributed by atoms with Crippen LogP contribution >= 0.6 is 11.6 Å². The SMILES string of the molecule is Cn1c(C(=O)Nc2cccc(OCC(=O)O)c2)c(Cl)c2ccccc21. The van der Waals surface area contributed by atoms with Crippen molar-refractivity contribution in [1.82, 2.24) is 4.57 Å². The van der Waals surface area contributed by atoms with Crippen LogP contribution in [0.5, 0.6) is 5.75 Å². The lowest BCUT2D eigenvalue weighted by atomic mass is 10.2. The average Bonchev–Trinajstić information content (AvgIpc) is 2.85. The summed E-state index contributed by atoms with van der Waals surface area (Å²) in [5.74, 6) is -1.08. The highest BCUT2D eigenvalue weighted by molar-refractivity contribution is 6.39. The van der Waals surface area contributed by atoms with E-state index in [-0.39, 0.29) is 5.91 Å². The van der Waals surface area contributed by atoms with Crippen LogP contribution in [0.4, 0.5) is 5.69 Å². The minimum Gasteiger partial charge on any atom is -0.482 e. The fourth-order valence-corrected chi connectivity index (χ4v) is 2.97. The quantitative estimate of drug-likeness (QED) is 0.731. The Morgan fingerprint density at radius 3 is 2.68 bits per heavy atom. The summed E-state index contributed by atoms with van der Waals surface area (Å²) in [4.78, 5) is 23.2. The summed E-state index contributed by atoms with van der Waals surface area (Å²) in [6.07, 6.45) is 0. The van der Waals surface area contributed by atoms with Crippen LogP contribution in [0.25, 0.3) is 10.9 Å². The number of hydrogen-bond acceptors (Lipinski definition) is 3. The van der Waals surface area contributed by atoms with Crippen molar-refractivity contribution in [2.75, 3.05) is 11.9 Å². The van der Waals surface area contributed by atoms with Crippen LogP contribution in [0.1, 0.15) is 10.5 Å². The number of carboxylic acid groups (broad SMARTS) is 1. The normalized spacial score (nSPS) is 10.6. The van der Waals surface area contributed by atoms with E-state index >= 15 is 0 Å². The standard InChI is InChI=1S/C18H15ClN2O4/c1-21-14-8-3-2-7-13(14)16(19)17(21)18(24)20-11-5-4-6-12(9-11)25-10-15(22)23/h2-9H,10H2,1H3,(H,20,24)(H,22,23). The van der Waals surface area contributed by atoms with Gasteiger partial charge in [-0.1, -0.05) is 35.9 Å². The van der Waals surface area contributed by atoms with E-state index in [2.05, 4.69) is 5.32 Å². The second-order valence-electron chi connectivity index (χ2n) is 5.40. The second kappa shape index (κ2) is 6.86. The summed E-state index contributed by atoms with van der Waals surface area (Å²) in [6, 6.07) is 14.0. The van der Waals surface area contributed by atoms with Gasteiger partial charge in [0.05, 0.1) is 5.02 Å². The van der Waals surface area contributed by atoms with Crippen molar-refractivity contribution >= 4 is 40.1 Å². The van der Waals surface area contributed by atoms with Gasteiger partial charge in [-0.25, -0.2) is 4.79 Å². The van der Waals surface area contributed by atoms with Crippen molar-refractivity contribution in [3.05, 3.63) is 59.2 Å². The highest BCUT2D eigenvalue weighted by atomic mass is 35.5. The molecule has 0 radical (unpaired) electrons. The van der Waals surface area contributed by atoms with Gasteiger partial charge in [-0.15, -0.1) is 0 Å². The van der Waals surface area contributed by atoms with Crippen LogP contribution < -0.4 is 10.1 Å². The van der Waals surface area contributed by atoms with Crippen LogP contribution in [0.2, 0.25) is 5.02 Å². The summed E-state index contributed by atoms with van der Waals surface area (Å²) in [6.45, 7) is -0.452. The number of benzene rings is 2. The molecule has 0 aliphatic rings. The number of para-hydroxylation sites is 1. The molecule has 1 aromatic heterocycles. The Morgan fingerprint density at radius 1 is 1.20 bits per heavy atom. The van der Waals surface area contributed by atoms with Gasteiger partial charge in [0.25, 0.3) is 5.91 Å². The number of halogens is 1. The summed E-state index contributed by atoms with van der Waals surface area (Å²) in [7, 11) is 1.77. The third kappa shape index (κ3) is 3.44. The molecule has 3 rings (SSSR count). The van der Waals surface area contributed by atoms with E-state index in [0.717, 1.165) is 10.9 Å². The maximum Gasteiger partial charge on any atom is 0.341 e. The van der Waals surface area contributed by atoms with Crippen LogP contribution in [0.15, 0.2) is 48.5 Å². The molecule has 7 heteroatoms. The molecule has 128 valence electrons. The molecular formula is C18H15ClN2O4. The number of rotatable bonds is 5. The number of carbonyl (C=O) groups is 2. The Labute approximate surface area is 148 Å². The Hall–Kier alpha value is -2.99. The predicted molar refractivity (Wildman–Crippen MR) is 95.5 cm³/mol. The number of aryl methyl sites for hydroxylation is 1. The Balaban J connectivity index is 1.86. The molecule has 0 saturated heterocycles. The van der Waals surface area contributed by atoms with Crippen LogP contribution in [0.3, 0.4) is 0 Å². The molecule has 25 heavy (non-hydrogen) atoms. The van der Waals surface area contributed by atoms with E-state index in [1.807, 2.05) is 24.3 Å². The molecule has 6 nitrogen and oxygen atoms in total.